The Morgan fingerprint density at radius 2 is 1.76 bits per heavy atom. The highest BCUT2D eigenvalue weighted by Gasteiger charge is 2.22. The summed E-state index contributed by atoms with van der Waals surface area (Å²) in [6.07, 6.45) is 0.890. The predicted molar refractivity (Wildman–Crippen MR) is 114 cm³/mol. The van der Waals surface area contributed by atoms with E-state index in [1.54, 1.807) is 12.1 Å². The summed E-state index contributed by atoms with van der Waals surface area (Å²) in [6.45, 7) is 10.5. The first-order chi connectivity index (χ1) is 13.7. The third-order valence-electron chi connectivity index (χ3n) is 5.41. The van der Waals surface area contributed by atoms with E-state index < -0.39 is 4.92 Å². The number of hydrogen-bond donors (Lipinski definition) is 0. The topological polar surface area (TPSA) is 66.7 Å². The van der Waals surface area contributed by atoms with Crippen LogP contribution < -0.4 is 0 Å². The largest absolute Gasteiger partial charge is 0.337 e. The van der Waals surface area contributed by atoms with Crippen molar-refractivity contribution in [3.63, 3.8) is 0 Å². The summed E-state index contributed by atoms with van der Waals surface area (Å²) in [5.74, 6) is -0.134. The zero-order valence-corrected chi connectivity index (χ0v) is 17.4. The maximum absolute atomic E-state index is 12.8. The Bertz CT molecular complexity index is 872. The van der Waals surface area contributed by atoms with Crippen molar-refractivity contribution in [2.45, 2.75) is 39.2 Å². The second-order valence-corrected chi connectivity index (χ2v) is 8.68. The molecule has 0 saturated carbocycles. The molecule has 0 bridgehead atoms. The lowest BCUT2D eigenvalue weighted by atomic mass is 9.87. The van der Waals surface area contributed by atoms with Gasteiger partial charge in [-0.15, -0.1) is 0 Å². The van der Waals surface area contributed by atoms with Gasteiger partial charge in [0, 0.05) is 50.4 Å². The number of rotatable bonds is 4. The predicted octanol–water partition coefficient (Wildman–Crippen LogP) is 4.24. The second kappa shape index (κ2) is 8.74. The lowest BCUT2D eigenvalue weighted by Gasteiger charge is -2.23. The minimum absolute atomic E-state index is 0.0500. The Labute approximate surface area is 172 Å². The molecule has 1 aliphatic heterocycles. The molecular formula is C23H29N3O3. The summed E-state index contributed by atoms with van der Waals surface area (Å²) in [6, 6.07) is 14.8. The minimum atomic E-state index is -0.466. The smallest absolute Gasteiger partial charge is 0.270 e. The summed E-state index contributed by atoms with van der Waals surface area (Å²) in [4.78, 5) is 27.5. The average molecular weight is 396 g/mol. The van der Waals surface area contributed by atoms with Gasteiger partial charge in [0.15, 0.2) is 0 Å². The highest BCUT2D eigenvalue weighted by atomic mass is 16.6. The summed E-state index contributed by atoms with van der Waals surface area (Å²) >= 11 is 0. The fourth-order valence-corrected chi connectivity index (χ4v) is 3.64. The highest BCUT2D eigenvalue weighted by Crippen LogP contribution is 2.23. The van der Waals surface area contributed by atoms with Gasteiger partial charge in [-0.25, -0.2) is 0 Å². The van der Waals surface area contributed by atoms with E-state index in [0.717, 1.165) is 26.1 Å². The molecule has 3 rings (SSSR count). The van der Waals surface area contributed by atoms with Crippen LogP contribution in [0.1, 0.15) is 48.7 Å². The normalized spacial score (nSPS) is 15.8. The fourth-order valence-electron chi connectivity index (χ4n) is 3.64. The summed E-state index contributed by atoms with van der Waals surface area (Å²) in [5, 5.41) is 11.0. The van der Waals surface area contributed by atoms with Gasteiger partial charge >= 0.3 is 0 Å². The molecule has 1 heterocycles. The maximum atomic E-state index is 12.8. The van der Waals surface area contributed by atoms with Crippen LogP contribution in [0.15, 0.2) is 48.5 Å². The maximum Gasteiger partial charge on any atom is 0.270 e. The fraction of sp³-hybridized carbons (Fsp3) is 0.435. The Balaban J connectivity index is 1.61. The van der Waals surface area contributed by atoms with Crippen LogP contribution in [0.5, 0.6) is 0 Å². The highest BCUT2D eigenvalue weighted by molar-refractivity contribution is 5.94. The second-order valence-electron chi connectivity index (χ2n) is 8.68. The van der Waals surface area contributed by atoms with E-state index in [2.05, 4.69) is 49.9 Å². The van der Waals surface area contributed by atoms with Gasteiger partial charge in [-0.3, -0.25) is 19.8 Å². The van der Waals surface area contributed by atoms with Gasteiger partial charge in [-0.05, 0) is 29.0 Å². The molecule has 0 aromatic heterocycles. The van der Waals surface area contributed by atoms with Crippen LogP contribution in [-0.4, -0.2) is 46.8 Å². The van der Waals surface area contributed by atoms with Crippen LogP contribution >= 0.6 is 0 Å². The lowest BCUT2D eigenvalue weighted by molar-refractivity contribution is -0.384. The standard InChI is InChI=1S/C23H29N3O3/c1-23(2,3)20-10-8-18(9-11-20)17-24-12-5-13-25(15-14-24)22(27)19-6-4-7-21(16-19)26(28)29/h4,6-11,16H,5,12-15,17H2,1-3H3. The molecule has 1 fully saturated rings. The molecule has 0 spiro atoms. The zero-order chi connectivity index (χ0) is 21.0. The molecule has 0 atom stereocenters. The van der Waals surface area contributed by atoms with E-state index in [1.807, 2.05) is 4.90 Å². The summed E-state index contributed by atoms with van der Waals surface area (Å²) < 4.78 is 0. The molecule has 1 aliphatic rings. The lowest BCUT2D eigenvalue weighted by Crippen LogP contribution is -2.35. The molecule has 1 saturated heterocycles. The van der Waals surface area contributed by atoms with E-state index in [0.29, 0.717) is 18.7 Å². The summed E-state index contributed by atoms with van der Waals surface area (Å²) in [5.41, 5.74) is 3.08. The number of hydrogen-bond acceptors (Lipinski definition) is 4. The molecule has 0 aliphatic carbocycles. The number of amides is 1. The van der Waals surface area contributed by atoms with Gasteiger partial charge in [0.25, 0.3) is 11.6 Å². The first kappa shape index (κ1) is 21.0. The van der Waals surface area contributed by atoms with Gasteiger partial charge in [-0.2, -0.15) is 0 Å². The number of nitrogens with zero attached hydrogens (tertiary/aromatic N) is 3. The van der Waals surface area contributed by atoms with Crippen LogP contribution in [-0.2, 0) is 12.0 Å². The van der Waals surface area contributed by atoms with E-state index in [4.69, 9.17) is 0 Å². The van der Waals surface area contributed by atoms with Crippen LogP contribution in [0.4, 0.5) is 5.69 Å². The van der Waals surface area contributed by atoms with Gasteiger partial charge in [0.1, 0.15) is 0 Å². The molecule has 0 N–H and O–H groups in total. The average Bonchev–Trinajstić information content (AvgIpc) is 2.93. The molecular weight excluding hydrogens is 366 g/mol. The first-order valence-corrected chi connectivity index (χ1v) is 10.1. The molecule has 1 amide bonds. The molecule has 2 aromatic rings. The molecule has 154 valence electrons. The third-order valence-corrected chi connectivity index (χ3v) is 5.41. The zero-order valence-electron chi connectivity index (χ0n) is 17.4. The number of nitro groups is 1. The molecule has 0 unspecified atom stereocenters. The van der Waals surface area contributed by atoms with E-state index in [-0.39, 0.29) is 17.0 Å². The molecule has 29 heavy (non-hydrogen) atoms. The van der Waals surface area contributed by atoms with E-state index >= 15 is 0 Å². The van der Waals surface area contributed by atoms with Gasteiger partial charge in [0.05, 0.1) is 4.92 Å². The van der Waals surface area contributed by atoms with Crippen molar-refractivity contribution in [2.75, 3.05) is 26.2 Å². The quantitative estimate of drug-likeness (QED) is 0.574. The summed E-state index contributed by atoms with van der Waals surface area (Å²) in [7, 11) is 0. The number of benzene rings is 2. The van der Waals surface area contributed by atoms with Crippen molar-refractivity contribution in [1.29, 1.82) is 0 Å². The van der Waals surface area contributed by atoms with Crippen molar-refractivity contribution in [3.05, 3.63) is 75.3 Å². The van der Waals surface area contributed by atoms with Crippen LogP contribution in [0.25, 0.3) is 0 Å². The molecule has 2 aromatic carbocycles. The van der Waals surface area contributed by atoms with Crippen molar-refractivity contribution >= 4 is 11.6 Å². The van der Waals surface area contributed by atoms with Crippen molar-refractivity contribution in [1.82, 2.24) is 9.80 Å². The first-order valence-electron chi connectivity index (χ1n) is 10.1. The van der Waals surface area contributed by atoms with Crippen molar-refractivity contribution < 1.29 is 9.72 Å². The van der Waals surface area contributed by atoms with E-state index in [9.17, 15) is 14.9 Å². The van der Waals surface area contributed by atoms with Crippen LogP contribution in [0, 0.1) is 10.1 Å². The van der Waals surface area contributed by atoms with Crippen molar-refractivity contribution in [2.24, 2.45) is 0 Å². The number of nitro benzene ring substituents is 1. The molecule has 0 radical (unpaired) electrons. The molecule has 6 nitrogen and oxygen atoms in total. The van der Waals surface area contributed by atoms with Crippen LogP contribution in [0.2, 0.25) is 0 Å². The number of carbonyl (C=O) groups excluding carboxylic acids is 1. The SMILES string of the molecule is CC(C)(C)c1ccc(CN2CCCN(C(=O)c3cccc([N+](=O)[O-])c3)CC2)cc1. The third kappa shape index (κ3) is 5.41. The Hall–Kier alpha value is -2.73. The van der Waals surface area contributed by atoms with Gasteiger partial charge in [-0.1, -0.05) is 51.1 Å². The Morgan fingerprint density at radius 1 is 1.03 bits per heavy atom. The molecule has 6 heteroatoms. The number of non-ortho nitro benzene ring substituents is 1. The minimum Gasteiger partial charge on any atom is -0.337 e. The Kier molecular flexibility index (Phi) is 6.33. The van der Waals surface area contributed by atoms with Gasteiger partial charge in [0.2, 0.25) is 0 Å². The van der Waals surface area contributed by atoms with Crippen molar-refractivity contribution in [3.8, 4) is 0 Å². The Morgan fingerprint density at radius 3 is 2.41 bits per heavy atom. The van der Waals surface area contributed by atoms with Crippen LogP contribution in [0.3, 0.4) is 0 Å². The van der Waals surface area contributed by atoms with E-state index in [1.165, 1.54) is 23.3 Å². The monoisotopic (exact) mass is 395 g/mol. The van der Waals surface area contributed by atoms with Gasteiger partial charge < -0.3 is 4.90 Å². The number of carbonyl (C=O) groups is 1.